The highest BCUT2D eigenvalue weighted by Gasteiger charge is 2.36. The fourth-order valence-corrected chi connectivity index (χ4v) is 2.54. The highest BCUT2D eigenvalue weighted by Crippen LogP contribution is 2.47. The van der Waals surface area contributed by atoms with Gasteiger partial charge in [-0.2, -0.15) is 0 Å². The molecule has 1 heterocycles. The molecule has 2 N–H and O–H groups in total. The van der Waals surface area contributed by atoms with Crippen LogP contribution in [-0.4, -0.2) is 33.0 Å². The van der Waals surface area contributed by atoms with E-state index < -0.39 is 21.8 Å². The van der Waals surface area contributed by atoms with E-state index in [2.05, 4.69) is 12.2 Å². The summed E-state index contributed by atoms with van der Waals surface area (Å²) in [5, 5.41) is 2.51. The molecule has 2 rings (SSSR count). The van der Waals surface area contributed by atoms with Gasteiger partial charge in [-0.05, 0) is 24.5 Å². The number of furan rings is 1. The number of carbonyl (C=O) groups is 2. The summed E-state index contributed by atoms with van der Waals surface area (Å²) in [7, 11) is -3.56. The van der Waals surface area contributed by atoms with E-state index in [-0.39, 0.29) is 18.7 Å². The van der Waals surface area contributed by atoms with Crippen LogP contribution in [0.3, 0.4) is 0 Å². The zero-order valence-electron chi connectivity index (χ0n) is 11.9. The zero-order valence-corrected chi connectivity index (χ0v) is 12.7. The van der Waals surface area contributed by atoms with Gasteiger partial charge >= 0.3 is 0 Å². The van der Waals surface area contributed by atoms with Gasteiger partial charge < -0.3 is 9.73 Å². The molecule has 1 aliphatic carbocycles. The van der Waals surface area contributed by atoms with Gasteiger partial charge in [-0.15, -0.1) is 0 Å². The lowest BCUT2D eigenvalue weighted by atomic mass is 10.3. The number of hydrogen-bond acceptors (Lipinski definition) is 5. The standard InChI is InChI=1S/C13H18N2O5S/c1-8-7-9(8)10-3-4-11(20-10)13(17)14-6-5-12(16)15-21(2,18)19/h3-4,8-9H,5-7H2,1-2H3,(H,14,17)(H,15,16)/t8-,9-/m0/s1. The van der Waals surface area contributed by atoms with Gasteiger partial charge in [0.05, 0.1) is 6.26 Å². The van der Waals surface area contributed by atoms with Crippen LogP contribution in [0.1, 0.15) is 42.0 Å². The topological polar surface area (TPSA) is 105 Å². The van der Waals surface area contributed by atoms with Gasteiger partial charge in [-0.3, -0.25) is 14.3 Å². The molecule has 2 amide bonds. The van der Waals surface area contributed by atoms with Crippen molar-refractivity contribution in [1.29, 1.82) is 0 Å². The second kappa shape index (κ2) is 5.88. The lowest BCUT2D eigenvalue weighted by molar-refractivity contribution is -0.119. The Labute approximate surface area is 123 Å². The first-order valence-electron chi connectivity index (χ1n) is 6.65. The van der Waals surface area contributed by atoms with Gasteiger partial charge in [0, 0.05) is 18.9 Å². The number of rotatable bonds is 6. The van der Waals surface area contributed by atoms with Crippen molar-refractivity contribution in [3.63, 3.8) is 0 Å². The maximum Gasteiger partial charge on any atom is 0.287 e. The minimum absolute atomic E-state index is 0.0377. The smallest absolute Gasteiger partial charge is 0.287 e. The number of sulfonamides is 1. The Morgan fingerprint density at radius 1 is 1.38 bits per heavy atom. The predicted octanol–water partition coefficient (Wildman–Crippen LogP) is 0.599. The summed E-state index contributed by atoms with van der Waals surface area (Å²) in [5.74, 6) is 0.917. The first-order valence-corrected chi connectivity index (χ1v) is 8.54. The Kier molecular flexibility index (Phi) is 4.36. The van der Waals surface area contributed by atoms with Gasteiger partial charge in [0.2, 0.25) is 15.9 Å². The highest BCUT2D eigenvalue weighted by molar-refractivity contribution is 7.89. The average Bonchev–Trinajstić information content (AvgIpc) is 2.89. The van der Waals surface area contributed by atoms with Crippen LogP contribution in [0.4, 0.5) is 0 Å². The molecule has 2 atom stereocenters. The van der Waals surface area contributed by atoms with Crippen molar-refractivity contribution in [3.05, 3.63) is 23.7 Å². The molecule has 0 aromatic carbocycles. The molecule has 0 radical (unpaired) electrons. The van der Waals surface area contributed by atoms with E-state index in [1.165, 1.54) is 0 Å². The van der Waals surface area contributed by atoms with Gasteiger partial charge in [0.15, 0.2) is 5.76 Å². The van der Waals surface area contributed by atoms with Crippen LogP contribution in [0, 0.1) is 5.92 Å². The molecule has 1 saturated carbocycles. The molecule has 0 aliphatic heterocycles. The molecule has 1 aromatic rings. The summed E-state index contributed by atoms with van der Waals surface area (Å²) in [6, 6.07) is 3.39. The fourth-order valence-electron chi connectivity index (χ4n) is 2.03. The highest BCUT2D eigenvalue weighted by atomic mass is 32.2. The summed E-state index contributed by atoms with van der Waals surface area (Å²) in [6.45, 7) is 2.16. The molecule has 1 fully saturated rings. The van der Waals surface area contributed by atoms with E-state index in [9.17, 15) is 18.0 Å². The van der Waals surface area contributed by atoms with Crippen LogP contribution in [0.25, 0.3) is 0 Å². The first-order chi connectivity index (χ1) is 9.76. The van der Waals surface area contributed by atoms with E-state index in [4.69, 9.17) is 4.42 Å². The summed E-state index contributed by atoms with van der Waals surface area (Å²) in [6.07, 6.45) is 1.85. The quantitative estimate of drug-likeness (QED) is 0.800. The average molecular weight is 314 g/mol. The van der Waals surface area contributed by atoms with E-state index in [0.717, 1.165) is 18.4 Å². The number of hydrogen-bond donors (Lipinski definition) is 2. The minimum Gasteiger partial charge on any atom is -0.456 e. The molecule has 0 spiro atoms. The monoisotopic (exact) mass is 314 g/mol. The van der Waals surface area contributed by atoms with Crippen molar-refractivity contribution in [3.8, 4) is 0 Å². The zero-order chi connectivity index (χ0) is 15.6. The fraction of sp³-hybridized carbons (Fsp3) is 0.538. The predicted molar refractivity (Wildman–Crippen MR) is 75.2 cm³/mol. The van der Waals surface area contributed by atoms with Crippen LogP contribution in [0.5, 0.6) is 0 Å². The maximum absolute atomic E-state index is 11.8. The first kappa shape index (κ1) is 15.6. The van der Waals surface area contributed by atoms with Crippen LogP contribution < -0.4 is 10.0 Å². The normalized spacial score (nSPS) is 20.9. The van der Waals surface area contributed by atoms with E-state index in [1.54, 1.807) is 12.1 Å². The second-order valence-corrected chi connectivity index (χ2v) is 7.07. The molecule has 0 bridgehead atoms. The maximum atomic E-state index is 11.8. The molecule has 7 nitrogen and oxygen atoms in total. The van der Waals surface area contributed by atoms with Crippen molar-refractivity contribution in [1.82, 2.24) is 10.0 Å². The van der Waals surface area contributed by atoms with E-state index in [0.29, 0.717) is 11.8 Å². The van der Waals surface area contributed by atoms with Crippen molar-refractivity contribution in [2.45, 2.75) is 25.7 Å². The summed E-state index contributed by atoms with van der Waals surface area (Å²) >= 11 is 0. The van der Waals surface area contributed by atoms with E-state index >= 15 is 0 Å². The van der Waals surface area contributed by atoms with Gasteiger partial charge in [-0.1, -0.05) is 6.92 Å². The van der Waals surface area contributed by atoms with Gasteiger partial charge in [0.25, 0.3) is 5.91 Å². The molecule has 1 aromatic heterocycles. The summed E-state index contributed by atoms with van der Waals surface area (Å²) in [5.41, 5.74) is 0. The minimum atomic E-state index is -3.56. The summed E-state index contributed by atoms with van der Waals surface area (Å²) in [4.78, 5) is 23.0. The van der Waals surface area contributed by atoms with Gasteiger partial charge in [0.1, 0.15) is 5.76 Å². The van der Waals surface area contributed by atoms with Crippen molar-refractivity contribution >= 4 is 21.8 Å². The van der Waals surface area contributed by atoms with Crippen molar-refractivity contribution in [2.75, 3.05) is 12.8 Å². The van der Waals surface area contributed by atoms with Crippen LogP contribution in [-0.2, 0) is 14.8 Å². The number of carbonyl (C=O) groups excluding carboxylic acids is 2. The third-order valence-corrected chi connectivity index (χ3v) is 3.86. The van der Waals surface area contributed by atoms with Crippen LogP contribution >= 0.6 is 0 Å². The Morgan fingerprint density at radius 2 is 2.05 bits per heavy atom. The molecule has 0 saturated heterocycles. The molecule has 1 aliphatic rings. The lowest BCUT2D eigenvalue weighted by Gasteiger charge is -2.04. The molecular weight excluding hydrogens is 296 g/mol. The van der Waals surface area contributed by atoms with Crippen molar-refractivity contribution in [2.24, 2.45) is 5.92 Å². The molecule has 116 valence electrons. The second-order valence-electron chi connectivity index (χ2n) is 5.32. The molecular formula is C13H18N2O5S. The largest absolute Gasteiger partial charge is 0.456 e. The molecule has 21 heavy (non-hydrogen) atoms. The van der Waals surface area contributed by atoms with Crippen LogP contribution in [0.15, 0.2) is 16.5 Å². The van der Waals surface area contributed by atoms with Crippen molar-refractivity contribution < 1.29 is 22.4 Å². The Balaban J connectivity index is 1.77. The summed E-state index contributed by atoms with van der Waals surface area (Å²) < 4.78 is 28.9. The third-order valence-electron chi connectivity index (χ3n) is 3.26. The van der Waals surface area contributed by atoms with Crippen LogP contribution in [0.2, 0.25) is 0 Å². The lowest BCUT2D eigenvalue weighted by Crippen LogP contribution is -2.33. The Bertz CT molecular complexity index is 649. The SMILES string of the molecule is C[C@H]1C[C@@H]1c1ccc(C(=O)NCCC(=O)NS(C)(=O)=O)o1. The Hall–Kier alpha value is -1.83. The molecule has 8 heteroatoms. The third kappa shape index (κ3) is 4.59. The number of nitrogens with one attached hydrogen (secondary N) is 2. The van der Waals surface area contributed by atoms with E-state index in [1.807, 2.05) is 4.72 Å². The van der Waals surface area contributed by atoms with Gasteiger partial charge in [-0.25, -0.2) is 8.42 Å². The number of amides is 2. The Morgan fingerprint density at radius 3 is 2.62 bits per heavy atom. The molecule has 0 unspecified atom stereocenters.